The molecule has 0 aromatic heterocycles. The van der Waals surface area contributed by atoms with Crippen molar-refractivity contribution < 1.29 is 0 Å². The summed E-state index contributed by atoms with van der Waals surface area (Å²) >= 11 is 0. The number of hydrogen-bond donors (Lipinski definition) is 0. The van der Waals surface area contributed by atoms with Crippen molar-refractivity contribution in [1.82, 2.24) is 0 Å². The van der Waals surface area contributed by atoms with E-state index < -0.39 is 0 Å². The Morgan fingerprint density at radius 2 is 1.50 bits per heavy atom. The standard InChI is InChI=1S/C6H8/c1-2-6-4-3-5(1)6/h1-2,5-6H,3-4H2/t5-,6?/m0/s1. The van der Waals surface area contributed by atoms with E-state index >= 15 is 0 Å². The lowest BCUT2D eigenvalue weighted by Gasteiger charge is -2.39. The molecule has 0 heterocycles. The van der Waals surface area contributed by atoms with E-state index in [0.29, 0.717) is 0 Å². The van der Waals surface area contributed by atoms with Crippen LogP contribution in [0.1, 0.15) is 12.8 Å². The van der Waals surface area contributed by atoms with Crippen molar-refractivity contribution in [3.05, 3.63) is 12.2 Å². The first-order valence-electron chi connectivity index (χ1n) is 2.65. The Balaban J connectivity index is 2.24. The highest BCUT2D eigenvalue weighted by molar-refractivity contribution is 5.14. The second-order valence-corrected chi connectivity index (χ2v) is 2.29. The number of allylic oxidation sites excluding steroid dienone is 2. The molecule has 1 fully saturated rings. The topological polar surface area (TPSA) is 0 Å². The van der Waals surface area contributed by atoms with Gasteiger partial charge >= 0.3 is 0 Å². The molecule has 0 aromatic rings. The lowest BCUT2D eigenvalue weighted by molar-refractivity contribution is 0.248. The third-order valence-corrected chi connectivity index (χ3v) is 1.99. The highest BCUT2D eigenvalue weighted by Gasteiger charge is 2.31. The molecule has 2 rings (SSSR count). The van der Waals surface area contributed by atoms with Crippen molar-refractivity contribution >= 4 is 0 Å². The van der Waals surface area contributed by atoms with Gasteiger partial charge in [-0.3, -0.25) is 0 Å². The van der Waals surface area contributed by atoms with Crippen LogP contribution >= 0.6 is 0 Å². The van der Waals surface area contributed by atoms with E-state index in [9.17, 15) is 0 Å². The smallest absolute Gasteiger partial charge is 0.0170 e. The SMILES string of the molecule is C1=C[C@H]2CCC12. The average molecular weight is 80.1 g/mol. The summed E-state index contributed by atoms with van der Waals surface area (Å²) < 4.78 is 0. The van der Waals surface area contributed by atoms with Gasteiger partial charge in [0.25, 0.3) is 0 Å². The van der Waals surface area contributed by atoms with Gasteiger partial charge in [0.1, 0.15) is 0 Å². The summed E-state index contributed by atoms with van der Waals surface area (Å²) in [5.41, 5.74) is 0. The highest BCUT2D eigenvalue weighted by Crippen LogP contribution is 2.43. The molecule has 1 saturated carbocycles. The predicted octanol–water partition coefficient (Wildman–Crippen LogP) is 1.58. The number of fused-ring (bicyclic) bond motifs is 1. The second kappa shape index (κ2) is 0.699. The molecule has 6 heavy (non-hydrogen) atoms. The normalized spacial score (nSPS) is 49.3. The molecule has 0 nitrogen and oxygen atoms in total. The lowest BCUT2D eigenvalue weighted by Crippen LogP contribution is -2.28. The molecule has 0 radical (unpaired) electrons. The first-order valence-corrected chi connectivity index (χ1v) is 2.65. The van der Waals surface area contributed by atoms with E-state index in [1.807, 2.05) is 0 Å². The van der Waals surface area contributed by atoms with Crippen molar-refractivity contribution in [2.24, 2.45) is 11.8 Å². The summed E-state index contributed by atoms with van der Waals surface area (Å²) in [6.45, 7) is 0. The molecule has 0 aromatic carbocycles. The maximum atomic E-state index is 2.33. The van der Waals surface area contributed by atoms with Crippen LogP contribution in [0.25, 0.3) is 0 Å². The molecule has 0 spiro atoms. The molecular weight excluding hydrogens is 72.1 g/mol. The minimum atomic E-state index is 1.03. The Morgan fingerprint density at radius 3 is 1.50 bits per heavy atom. The van der Waals surface area contributed by atoms with E-state index in [4.69, 9.17) is 0 Å². The van der Waals surface area contributed by atoms with Crippen molar-refractivity contribution in [3.63, 3.8) is 0 Å². The Kier molecular flexibility index (Phi) is 0.331. The Morgan fingerprint density at radius 1 is 1.00 bits per heavy atom. The summed E-state index contributed by atoms with van der Waals surface area (Å²) in [7, 11) is 0. The summed E-state index contributed by atoms with van der Waals surface area (Å²) in [6.07, 6.45) is 7.60. The largest absolute Gasteiger partial charge is 0.0845 e. The fraction of sp³-hybridized carbons (Fsp3) is 0.667. The maximum Gasteiger partial charge on any atom is -0.0170 e. The Hall–Kier alpha value is -0.260. The van der Waals surface area contributed by atoms with E-state index in [2.05, 4.69) is 12.2 Å². The van der Waals surface area contributed by atoms with Gasteiger partial charge in [-0.25, -0.2) is 0 Å². The van der Waals surface area contributed by atoms with Crippen LogP contribution in [-0.2, 0) is 0 Å². The van der Waals surface area contributed by atoms with Gasteiger partial charge in [0.2, 0.25) is 0 Å². The van der Waals surface area contributed by atoms with E-state index in [1.54, 1.807) is 0 Å². The Labute approximate surface area is 37.9 Å². The number of hydrogen-bond acceptors (Lipinski definition) is 0. The first-order chi connectivity index (χ1) is 2.97. The van der Waals surface area contributed by atoms with Gasteiger partial charge in [0.05, 0.1) is 0 Å². The monoisotopic (exact) mass is 80.1 g/mol. The van der Waals surface area contributed by atoms with Crippen LogP contribution in [0.3, 0.4) is 0 Å². The molecular formula is C6H8. The lowest BCUT2D eigenvalue weighted by atomic mass is 9.66. The molecule has 0 amide bonds. The zero-order valence-electron chi connectivity index (χ0n) is 3.72. The summed E-state index contributed by atoms with van der Waals surface area (Å²) in [6, 6.07) is 0. The van der Waals surface area contributed by atoms with Gasteiger partial charge in [-0.2, -0.15) is 0 Å². The van der Waals surface area contributed by atoms with Crippen LogP contribution in [-0.4, -0.2) is 0 Å². The van der Waals surface area contributed by atoms with Crippen molar-refractivity contribution in [1.29, 1.82) is 0 Å². The molecule has 2 aliphatic carbocycles. The molecule has 2 atom stereocenters. The maximum absolute atomic E-state index is 2.33. The molecule has 1 unspecified atom stereocenters. The van der Waals surface area contributed by atoms with Gasteiger partial charge in [-0.15, -0.1) is 0 Å². The molecule has 2 aliphatic rings. The highest BCUT2D eigenvalue weighted by atomic mass is 14.4. The first kappa shape index (κ1) is 2.84. The van der Waals surface area contributed by atoms with Gasteiger partial charge in [0.15, 0.2) is 0 Å². The third kappa shape index (κ3) is 0.149. The van der Waals surface area contributed by atoms with Gasteiger partial charge in [0, 0.05) is 0 Å². The summed E-state index contributed by atoms with van der Waals surface area (Å²) in [5.74, 6) is 2.06. The van der Waals surface area contributed by atoms with Crippen LogP contribution in [0.5, 0.6) is 0 Å². The van der Waals surface area contributed by atoms with Crippen LogP contribution in [0.15, 0.2) is 12.2 Å². The van der Waals surface area contributed by atoms with Crippen molar-refractivity contribution in [2.45, 2.75) is 12.8 Å². The van der Waals surface area contributed by atoms with Gasteiger partial charge in [-0.1, -0.05) is 12.2 Å². The fourth-order valence-corrected chi connectivity index (χ4v) is 1.17. The van der Waals surface area contributed by atoms with Gasteiger partial charge < -0.3 is 0 Å². The van der Waals surface area contributed by atoms with Crippen LogP contribution in [0.2, 0.25) is 0 Å². The van der Waals surface area contributed by atoms with Crippen molar-refractivity contribution in [3.8, 4) is 0 Å². The molecule has 0 bridgehead atoms. The third-order valence-electron chi connectivity index (χ3n) is 1.99. The summed E-state index contributed by atoms with van der Waals surface area (Å²) in [4.78, 5) is 0. The van der Waals surface area contributed by atoms with Gasteiger partial charge in [-0.05, 0) is 24.7 Å². The second-order valence-electron chi connectivity index (χ2n) is 2.29. The molecule has 0 heteroatoms. The number of rotatable bonds is 0. The zero-order chi connectivity index (χ0) is 3.98. The molecule has 32 valence electrons. The van der Waals surface area contributed by atoms with Crippen LogP contribution in [0, 0.1) is 11.8 Å². The van der Waals surface area contributed by atoms with E-state index in [-0.39, 0.29) is 0 Å². The van der Waals surface area contributed by atoms with Crippen LogP contribution < -0.4 is 0 Å². The minimum absolute atomic E-state index is 1.03. The zero-order valence-corrected chi connectivity index (χ0v) is 3.72. The van der Waals surface area contributed by atoms with Crippen LogP contribution in [0.4, 0.5) is 0 Å². The molecule has 0 N–H and O–H groups in total. The minimum Gasteiger partial charge on any atom is -0.0845 e. The molecule has 0 aliphatic heterocycles. The quantitative estimate of drug-likeness (QED) is 0.387. The van der Waals surface area contributed by atoms with Crippen molar-refractivity contribution in [2.75, 3.05) is 0 Å². The Bertz CT molecular complexity index is 80.2. The van der Waals surface area contributed by atoms with E-state index in [0.717, 1.165) is 11.8 Å². The molecule has 0 saturated heterocycles. The summed E-state index contributed by atoms with van der Waals surface area (Å²) in [5, 5.41) is 0. The fourth-order valence-electron chi connectivity index (χ4n) is 1.17. The predicted molar refractivity (Wildman–Crippen MR) is 25.4 cm³/mol. The average Bonchev–Trinajstić information content (AvgIpc) is 1.54. The van der Waals surface area contributed by atoms with E-state index in [1.165, 1.54) is 12.8 Å².